The first kappa shape index (κ1) is 10.3. The molecule has 0 fully saturated rings. The lowest BCUT2D eigenvalue weighted by Crippen LogP contribution is -1.83. The van der Waals surface area contributed by atoms with E-state index in [-0.39, 0.29) is 0 Å². The van der Waals surface area contributed by atoms with Crippen LogP contribution in [0.2, 0.25) is 0 Å². The van der Waals surface area contributed by atoms with Crippen LogP contribution >= 0.6 is 62.5 Å². The molecule has 1 aromatic heterocycles. The molecule has 0 radical (unpaired) electrons. The second kappa shape index (κ2) is 4.08. The summed E-state index contributed by atoms with van der Waals surface area (Å²) in [5.41, 5.74) is 1.35. The van der Waals surface area contributed by atoms with Crippen molar-refractivity contribution in [3.63, 3.8) is 0 Å². The molecular formula is C9H6BrIS2. The molecular weight excluding hydrogens is 379 g/mol. The highest BCUT2D eigenvalue weighted by atomic mass is 127. The molecule has 0 bridgehead atoms. The minimum Gasteiger partial charge on any atom is -0.143 e. The lowest BCUT2D eigenvalue weighted by Gasteiger charge is -2.03. The number of hydrogen-bond donors (Lipinski definition) is 1. The molecule has 68 valence electrons. The van der Waals surface area contributed by atoms with Gasteiger partial charge in [-0.2, -0.15) is 0 Å². The fraction of sp³-hybridized carbons (Fsp3) is 0.111. The van der Waals surface area contributed by atoms with Crippen LogP contribution in [0.15, 0.2) is 22.4 Å². The van der Waals surface area contributed by atoms with Gasteiger partial charge in [-0.25, -0.2) is 0 Å². The summed E-state index contributed by atoms with van der Waals surface area (Å²) in [7, 11) is 0. The Balaban J connectivity index is 2.87. The maximum absolute atomic E-state index is 4.50. The number of rotatable bonds is 1. The smallest absolute Gasteiger partial charge is 0.0489 e. The third-order valence-corrected chi connectivity index (χ3v) is 5.33. The molecule has 2 rings (SSSR count). The number of alkyl halides is 1. The average molecular weight is 385 g/mol. The third kappa shape index (κ3) is 1.78. The number of fused-ring (bicyclic) bond motifs is 1. The van der Waals surface area contributed by atoms with Crippen molar-refractivity contribution in [3.8, 4) is 0 Å². The average Bonchev–Trinajstić information content (AvgIpc) is 2.60. The van der Waals surface area contributed by atoms with Gasteiger partial charge in [0.05, 0.1) is 0 Å². The van der Waals surface area contributed by atoms with Crippen molar-refractivity contribution >= 4 is 72.6 Å². The van der Waals surface area contributed by atoms with E-state index in [9.17, 15) is 0 Å². The molecule has 0 saturated carbocycles. The van der Waals surface area contributed by atoms with Gasteiger partial charge in [0.1, 0.15) is 0 Å². The van der Waals surface area contributed by atoms with Gasteiger partial charge >= 0.3 is 0 Å². The Morgan fingerprint density at radius 1 is 1.54 bits per heavy atom. The van der Waals surface area contributed by atoms with Gasteiger partial charge in [-0.05, 0) is 51.1 Å². The summed E-state index contributed by atoms with van der Waals surface area (Å²) in [4.78, 5) is 1.11. The molecule has 0 spiro atoms. The van der Waals surface area contributed by atoms with Crippen LogP contribution < -0.4 is 0 Å². The molecule has 0 nitrogen and oxygen atoms in total. The zero-order chi connectivity index (χ0) is 9.42. The van der Waals surface area contributed by atoms with Crippen LogP contribution in [0.1, 0.15) is 5.56 Å². The Morgan fingerprint density at radius 3 is 3.00 bits per heavy atom. The topological polar surface area (TPSA) is 0 Å². The van der Waals surface area contributed by atoms with Crippen molar-refractivity contribution in [3.05, 3.63) is 26.6 Å². The summed E-state index contributed by atoms with van der Waals surface area (Å²) in [5.74, 6) is 0. The van der Waals surface area contributed by atoms with Crippen LogP contribution in [0.3, 0.4) is 0 Å². The van der Waals surface area contributed by atoms with Crippen molar-refractivity contribution in [1.82, 2.24) is 0 Å². The number of halogens is 2. The first-order valence-corrected chi connectivity index (χ1v) is 7.20. The van der Waals surface area contributed by atoms with Gasteiger partial charge in [0.25, 0.3) is 0 Å². The van der Waals surface area contributed by atoms with Gasteiger partial charge in [-0.15, -0.1) is 24.0 Å². The number of hydrogen-bond acceptors (Lipinski definition) is 2. The maximum atomic E-state index is 4.50. The number of thiophene rings is 1. The van der Waals surface area contributed by atoms with Crippen LogP contribution in [0.5, 0.6) is 0 Å². The van der Waals surface area contributed by atoms with Gasteiger partial charge in [-0.1, -0.05) is 15.9 Å². The molecule has 0 atom stereocenters. The second-order valence-corrected chi connectivity index (χ2v) is 5.75. The zero-order valence-corrected chi connectivity index (χ0v) is 12.0. The monoisotopic (exact) mass is 384 g/mol. The summed E-state index contributed by atoms with van der Waals surface area (Å²) < 4.78 is 2.52. The standard InChI is InChI=1S/C9H6BrIS2/c10-4-5-3-7(11)8(12)9-6(5)1-2-13-9/h1-3,12H,4H2. The molecule has 0 aliphatic carbocycles. The van der Waals surface area contributed by atoms with Gasteiger partial charge in [0, 0.05) is 18.5 Å². The summed E-state index contributed by atoms with van der Waals surface area (Å²) in [6, 6.07) is 4.35. The first-order valence-electron chi connectivity index (χ1n) is 3.67. The van der Waals surface area contributed by atoms with E-state index in [1.807, 2.05) is 0 Å². The Kier molecular flexibility index (Phi) is 3.22. The highest BCUT2D eigenvalue weighted by molar-refractivity contribution is 14.1. The largest absolute Gasteiger partial charge is 0.143 e. The summed E-state index contributed by atoms with van der Waals surface area (Å²) in [6.45, 7) is 0. The van der Waals surface area contributed by atoms with Crippen LogP contribution in [0.25, 0.3) is 10.1 Å². The minimum absolute atomic E-state index is 0.907. The molecule has 1 aromatic carbocycles. The molecule has 0 unspecified atom stereocenters. The molecule has 2 aromatic rings. The molecule has 4 heteroatoms. The normalized spacial score (nSPS) is 11.0. The van der Waals surface area contributed by atoms with Crippen LogP contribution in [-0.4, -0.2) is 0 Å². The van der Waals surface area contributed by atoms with Crippen molar-refractivity contribution in [2.24, 2.45) is 0 Å². The molecule has 0 aliphatic heterocycles. The van der Waals surface area contributed by atoms with E-state index < -0.39 is 0 Å². The predicted octanol–water partition coefficient (Wildman–Crippen LogP) is 4.69. The molecule has 0 N–H and O–H groups in total. The lowest BCUT2D eigenvalue weighted by molar-refractivity contribution is 1.42. The molecule has 0 saturated heterocycles. The van der Waals surface area contributed by atoms with E-state index in [2.05, 4.69) is 68.7 Å². The molecule has 0 amide bonds. The highest BCUT2D eigenvalue weighted by Crippen LogP contribution is 2.34. The van der Waals surface area contributed by atoms with E-state index in [4.69, 9.17) is 0 Å². The fourth-order valence-corrected chi connectivity index (χ4v) is 3.79. The van der Waals surface area contributed by atoms with Crippen molar-refractivity contribution < 1.29 is 0 Å². The molecule has 0 aliphatic rings. The third-order valence-electron chi connectivity index (χ3n) is 1.90. The van der Waals surface area contributed by atoms with E-state index in [1.54, 1.807) is 11.3 Å². The van der Waals surface area contributed by atoms with Crippen molar-refractivity contribution in [2.45, 2.75) is 10.2 Å². The Bertz CT molecular complexity index is 450. The first-order chi connectivity index (χ1) is 6.24. The van der Waals surface area contributed by atoms with Crippen LogP contribution in [0.4, 0.5) is 0 Å². The van der Waals surface area contributed by atoms with E-state index in [1.165, 1.54) is 19.2 Å². The van der Waals surface area contributed by atoms with Crippen LogP contribution in [0, 0.1) is 3.57 Å². The second-order valence-electron chi connectivity index (χ2n) is 2.66. The van der Waals surface area contributed by atoms with Crippen molar-refractivity contribution in [1.29, 1.82) is 0 Å². The lowest BCUT2D eigenvalue weighted by atomic mass is 10.1. The minimum atomic E-state index is 0.907. The summed E-state index contributed by atoms with van der Waals surface area (Å²) in [6.07, 6.45) is 0. The SMILES string of the molecule is Sc1c(I)cc(CBr)c2ccsc12. The Hall–Kier alpha value is 0.740. The fourth-order valence-electron chi connectivity index (χ4n) is 1.26. The quantitative estimate of drug-likeness (QED) is 0.411. The Labute approximate surface area is 108 Å². The molecule has 1 heterocycles. The van der Waals surface area contributed by atoms with E-state index in [0.29, 0.717) is 0 Å². The maximum Gasteiger partial charge on any atom is 0.0489 e. The van der Waals surface area contributed by atoms with Crippen molar-refractivity contribution in [2.75, 3.05) is 0 Å². The van der Waals surface area contributed by atoms with Gasteiger partial charge in [0.15, 0.2) is 0 Å². The van der Waals surface area contributed by atoms with Gasteiger partial charge in [0.2, 0.25) is 0 Å². The van der Waals surface area contributed by atoms with Gasteiger partial charge < -0.3 is 0 Å². The Morgan fingerprint density at radius 2 is 2.31 bits per heavy atom. The predicted molar refractivity (Wildman–Crippen MR) is 74.4 cm³/mol. The molecule has 13 heavy (non-hydrogen) atoms. The van der Waals surface area contributed by atoms with E-state index >= 15 is 0 Å². The number of thiol groups is 1. The number of benzene rings is 1. The van der Waals surface area contributed by atoms with Crippen LogP contribution in [-0.2, 0) is 5.33 Å². The van der Waals surface area contributed by atoms with E-state index in [0.717, 1.165) is 10.2 Å². The summed E-state index contributed by atoms with van der Waals surface area (Å²) >= 11 is 12.1. The summed E-state index contributed by atoms with van der Waals surface area (Å²) in [5, 5.41) is 4.35. The van der Waals surface area contributed by atoms with Gasteiger partial charge in [-0.3, -0.25) is 0 Å². The zero-order valence-electron chi connectivity index (χ0n) is 6.55. The highest BCUT2D eigenvalue weighted by Gasteiger charge is 2.07.